The van der Waals surface area contributed by atoms with Crippen LogP contribution in [0, 0.1) is 0 Å². The first-order chi connectivity index (χ1) is 13.0. The summed E-state index contributed by atoms with van der Waals surface area (Å²) >= 11 is 0. The van der Waals surface area contributed by atoms with Crippen molar-refractivity contribution in [3.05, 3.63) is 35.9 Å². The molecule has 0 saturated carbocycles. The molecule has 4 rings (SSSR count). The average Bonchev–Trinajstić information content (AvgIpc) is 3.17. The molecular formula is C20H26N4O3. The molecule has 27 heavy (non-hydrogen) atoms. The van der Waals surface area contributed by atoms with Crippen molar-refractivity contribution in [2.75, 3.05) is 39.8 Å². The first-order valence-corrected chi connectivity index (χ1v) is 9.61. The van der Waals surface area contributed by atoms with E-state index in [9.17, 15) is 14.4 Å². The van der Waals surface area contributed by atoms with Gasteiger partial charge in [-0.1, -0.05) is 30.3 Å². The number of nitrogens with zero attached hydrogens (tertiary/aromatic N) is 3. The highest BCUT2D eigenvalue weighted by atomic mass is 16.2. The summed E-state index contributed by atoms with van der Waals surface area (Å²) in [7, 11) is 2.19. The van der Waals surface area contributed by atoms with E-state index >= 15 is 0 Å². The van der Waals surface area contributed by atoms with Crippen molar-refractivity contribution in [2.45, 2.75) is 30.7 Å². The standard InChI is InChI=1S/C20H26N4O3/c1-22-13-16(15-5-3-2-4-6-15)11-20(22)7-9-23(10-8-20)18(26)14-24-17(25)12-21-19(24)27/h2-6,16H,7-14H2,1H3,(H,21,27). The Kier molecular flexibility index (Phi) is 4.63. The number of likely N-dealkylation sites (N-methyl/N-ethyl adjacent to an activating group) is 1. The maximum absolute atomic E-state index is 12.6. The summed E-state index contributed by atoms with van der Waals surface area (Å²) in [5.74, 6) is 0.0583. The SMILES string of the molecule is CN1CC(c2ccccc2)CC12CCN(C(=O)CN1C(=O)CNC1=O)CC2. The summed E-state index contributed by atoms with van der Waals surface area (Å²) in [6, 6.07) is 10.2. The molecule has 0 bridgehead atoms. The number of likely N-dealkylation sites (tertiary alicyclic amines) is 2. The molecule has 144 valence electrons. The third kappa shape index (κ3) is 3.32. The fourth-order valence-corrected chi connectivity index (χ4v) is 4.76. The topological polar surface area (TPSA) is 73.0 Å². The number of piperidine rings is 1. The molecule has 3 fully saturated rings. The normalized spacial score (nSPS) is 25.3. The molecule has 1 aromatic rings. The first-order valence-electron chi connectivity index (χ1n) is 9.61. The van der Waals surface area contributed by atoms with Crippen LogP contribution in [-0.2, 0) is 9.59 Å². The number of rotatable bonds is 3. The number of imide groups is 1. The molecule has 1 atom stereocenters. The van der Waals surface area contributed by atoms with Crippen molar-refractivity contribution in [1.29, 1.82) is 0 Å². The number of carbonyl (C=O) groups is 3. The van der Waals surface area contributed by atoms with Crippen LogP contribution in [0.5, 0.6) is 0 Å². The maximum atomic E-state index is 12.6. The highest BCUT2D eigenvalue weighted by Gasteiger charge is 2.46. The zero-order chi connectivity index (χ0) is 19.0. The van der Waals surface area contributed by atoms with E-state index in [4.69, 9.17) is 0 Å². The van der Waals surface area contributed by atoms with Crippen LogP contribution < -0.4 is 5.32 Å². The lowest BCUT2D eigenvalue weighted by atomic mass is 9.81. The molecule has 7 heteroatoms. The fraction of sp³-hybridized carbons (Fsp3) is 0.550. The van der Waals surface area contributed by atoms with Gasteiger partial charge >= 0.3 is 6.03 Å². The van der Waals surface area contributed by atoms with Crippen molar-refractivity contribution in [3.8, 4) is 0 Å². The van der Waals surface area contributed by atoms with Gasteiger partial charge in [-0.3, -0.25) is 19.4 Å². The van der Waals surface area contributed by atoms with Crippen LogP contribution >= 0.6 is 0 Å². The molecule has 7 nitrogen and oxygen atoms in total. The number of urea groups is 1. The van der Waals surface area contributed by atoms with Gasteiger partial charge in [-0.2, -0.15) is 0 Å². The van der Waals surface area contributed by atoms with Gasteiger partial charge in [-0.25, -0.2) is 4.79 Å². The van der Waals surface area contributed by atoms with Gasteiger partial charge in [0.25, 0.3) is 5.91 Å². The van der Waals surface area contributed by atoms with Crippen molar-refractivity contribution >= 4 is 17.8 Å². The smallest absolute Gasteiger partial charge is 0.325 e. The van der Waals surface area contributed by atoms with Crippen LogP contribution in [0.15, 0.2) is 30.3 Å². The summed E-state index contributed by atoms with van der Waals surface area (Å²) < 4.78 is 0. The fourth-order valence-electron chi connectivity index (χ4n) is 4.76. The van der Waals surface area contributed by atoms with E-state index in [1.807, 2.05) is 6.07 Å². The number of hydrogen-bond donors (Lipinski definition) is 1. The van der Waals surface area contributed by atoms with Crippen LogP contribution in [0.25, 0.3) is 0 Å². The Labute approximate surface area is 159 Å². The predicted octanol–water partition coefficient (Wildman–Crippen LogP) is 1.02. The minimum atomic E-state index is -0.469. The van der Waals surface area contributed by atoms with E-state index in [2.05, 4.69) is 41.5 Å². The Hall–Kier alpha value is -2.41. The van der Waals surface area contributed by atoms with Gasteiger partial charge in [0.2, 0.25) is 5.91 Å². The number of benzene rings is 1. The van der Waals surface area contributed by atoms with Crippen molar-refractivity contribution in [3.63, 3.8) is 0 Å². The van der Waals surface area contributed by atoms with Gasteiger partial charge in [0, 0.05) is 25.2 Å². The Bertz CT molecular complexity index is 727. The lowest BCUT2D eigenvalue weighted by Gasteiger charge is -2.43. The van der Waals surface area contributed by atoms with E-state index in [0.717, 1.165) is 30.7 Å². The van der Waals surface area contributed by atoms with E-state index < -0.39 is 6.03 Å². The molecule has 0 aliphatic carbocycles. The molecule has 3 saturated heterocycles. The number of carbonyl (C=O) groups excluding carboxylic acids is 3. The van der Waals surface area contributed by atoms with Gasteiger partial charge in [0.05, 0.1) is 6.54 Å². The van der Waals surface area contributed by atoms with Crippen LogP contribution in [0.2, 0.25) is 0 Å². The molecule has 1 N–H and O–H groups in total. The highest BCUT2D eigenvalue weighted by Crippen LogP contribution is 2.43. The van der Waals surface area contributed by atoms with E-state index in [-0.39, 0.29) is 30.4 Å². The molecular weight excluding hydrogens is 344 g/mol. The molecule has 3 aliphatic heterocycles. The molecule has 3 heterocycles. The molecule has 3 aliphatic rings. The van der Waals surface area contributed by atoms with Crippen molar-refractivity contribution in [2.24, 2.45) is 0 Å². The largest absolute Gasteiger partial charge is 0.341 e. The number of amides is 4. The summed E-state index contributed by atoms with van der Waals surface area (Å²) in [4.78, 5) is 41.2. The second kappa shape index (κ2) is 6.96. The number of nitrogens with one attached hydrogen (secondary N) is 1. The quantitative estimate of drug-likeness (QED) is 0.807. The summed E-state index contributed by atoms with van der Waals surface area (Å²) in [5.41, 5.74) is 1.52. The Morgan fingerprint density at radius 3 is 2.52 bits per heavy atom. The summed E-state index contributed by atoms with van der Waals surface area (Å²) in [5, 5.41) is 2.45. The zero-order valence-corrected chi connectivity index (χ0v) is 15.7. The Morgan fingerprint density at radius 2 is 1.89 bits per heavy atom. The lowest BCUT2D eigenvalue weighted by Crippen LogP contribution is -2.53. The molecule has 1 unspecified atom stereocenters. The van der Waals surface area contributed by atoms with Gasteiger partial charge in [0.15, 0.2) is 0 Å². The molecule has 1 spiro atoms. The van der Waals surface area contributed by atoms with E-state index in [0.29, 0.717) is 19.0 Å². The maximum Gasteiger partial charge on any atom is 0.325 e. The Balaban J connectivity index is 1.36. The molecule has 0 radical (unpaired) electrons. The van der Waals surface area contributed by atoms with Gasteiger partial charge in [-0.15, -0.1) is 0 Å². The summed E-state index contributed by atoms with van der Waals surface area (Å²) in [6.45, 7) is 2.23. The third-order valence-corrected chi connectivity index (χ3v) is 6.48. The Morgan fingerprint density at radius 1 is 1.19 bits per heavy atom. The predicted molar refractivity (Wildman–Crippen MR) is 100 cm³/mol. The minimum absolute atomic E-state index is 0.0130. The van der Waals surface area contributed by atoms with Gasteiger partial charge < -0.3 is 10.2 Å². The first kappa shape index (κ1) is 18.0. The van der Waals surface area contributed by atoms with Crippen LogP contribution in [0.1, 0.15) is 30.7 Å². The van der Waals surface area contributed by atoms with Crippen LogP contribution in [-0.4, -0.2) is 77.9 Å². The molecule has 1 aromatic carbocycles. The minimum Gasteiger partial charge on any atom is -0.341 e. The molecule has 4 amide bonds. The van der Waals surface area contributed by atoms with Gasteiger partial charge in [0.1, 0.15) is 6.54 Å². The second-order valence-electron chi connectivity index (χ2n) is 7.94. The molecule has 0 aromatic heterocycles. The van der Waals surface area contributed by atoms with Crippen LogP contribution in [0.3, 0.4) is 0 Å². The van der Waals surface area contributed by atoms with Crippen molar-refractivity contribution in [1.82, 2.24) is 20.0 Å². The monoisotopic (exact) mass is 370 g/mol. The second-order valence-corrected chi connectivity index (χ2v) is 7.94. The highest BCUT2D eigenvalue weighted by molar-refractivity contribution is 6.04. The van der Waals surface area contributed by atoms with E-state index in [1.165, 1.54) is 5.56 Å². The van der Waals surface area contributed by atoms with Gasteiger partial charge in [-0.05, 0) is 37.8 Å². The number of hydrogen-bond acceptors (Lipinski definition) is 4. The van der Waals surface area contributed by atoms with Crippen molar-refractivity contribution < 1.29 is 14.4 Å². The van der Waals surface area contributed by atoms with Crippen LogP contribution in [0.4, 0.5) is 4.79 Å². The zero-order valence-electron chi connectivity index (χ0n) is 15.7. The lowest BCUT2D eigenvalue weighted by molar-refractivity contribution is -0.138. The van der Waals surface area contributed by atoms with E-state index in [1.54, 1.807) is 4.90 Å². The summed E-state index contributed by atoms with van der Waals surface area (Å²) in [6.07, 6.45) is 2.97. The third-order valence-electron chi connectivity index (χ3n) is 6.48. The average molecular weight is 370 g/mol.